The van der Waals surface area contributed by atoms with Gasteiger partial charge < -0.3 is 5.32 Å². The zero-order chi connectivity index (χ0) is 11.5. The Morgan fingerprint density at radius 3 is 2.53 bits per heavy atom. The van der Waals surface area contributed by atoms with Gasteiger partial charge in [-0.2, -0.15) is 0 Å². The maximum Gasteiger partial charge on any atom is 0.222 e. The standard InChI is InChI=1S/C7H11IN4O2S/c1-5(15(9,13)14)2-10-7-11-3-6(8)4-12-7/h3-5H,2H2,1H3,(H2,9,13,14)(H,10,11,12). The highest BCUT2D eigenvalue weighted by Gasteiger charge is 2.15. The highest BCUT2D eigenvalue weighted by molar-refractivity contribution is 14.1. The van der Waals surface area contributed by atoms with Crippen LogP contribution in [-0.4, -0.2) is 30.2 Å². The molecule has 15 heavy (non-hydrogen) atoms. The van der Waals surface area contributed by atoms with Crippen molar-refractivity contribution in [2.75, 3.05) is 11.9 Å². The lowest BCUT2D eigenvalue weighted by Crippen LogP contribution is -2.32. The van der Waals surface area contributed by atoms with Gasteiger partial charge in [0.25, 0.3) is 0 Å². The van der Waals surface area contributed by atoms with Crippen molar-refractivity contribution >= 4 is 38.6 Å². The quantitative estimate of drug-likeness (QED) is 0.760. The molecule has 0 bridgehead atoms. The first-order chi connectivity index (χ1) is 6.89. The van der Waals surface area contributed by atoms with E-state index in [9.17, 15) is 8.42 Å². The van der Waals surface area contributed by atoms with Gasteiger partial charge in [-0.15, -0.1) is 0 Å². The molecule has 0 spiro atoms. The van der Waals surface area contributed by atoms with E-state index in [1.54, 1.807) is 12.4 Å². The van der Waals surface area contributed by atoms with Gasteiger partial charge in [0.1, 0.15) is 0 Å². The number of nitrogens with one attached hydrogen (secondary N) is 1. The van der Waals surface area contributed by atoms with E-state index < -0.39 is 15.3 Å². The van der Waals surface area contributed by atoms with Crippen molar-refractivity contribution < 1.29 is 8.42 Å². The summed E-state index contributed by atoms with van der Waals surface area (Å²) in [6, 6.07) is 0. The van der Waals surface area contributed by atoms with Crippen LogP contribution in [0.5, 0.6) is 0 Å². The molecule has 1 atom stereocenters. The van der Waals surface area contributed by atoms with Gasteiger partial charge in [0.15, 0.2) is 0 Å². The van der Waals surface area contributed by atoms with Crippen molar-refractivity contribution in [3.8, 4) is 0 Å². The molecule has 0 saturated heterocycles. The fraction of sp³-hybridized carbons (Fsp3) is 0.429. The van der Waals surface area contributed by atoms with E-state index in [1.807, 2.05) is 0 Å². The maximum absolute atomic E-state index is 10.9. The molecule has 1 unspecified atom stereocenters. The van der Waals surface area contributed by atoms with E-state index in [4.69, 9.17) is 5.14 Å². The van der Waals surface area contributed by atoms with E-state index in [0.717, 1.165) is 3.57 Å². The first-order valence-electron chi connectivity index (χ1n) is 4.12. The summed E-state index contributed by atoms with van der Waals surface area (Å²) in [6.45, 7) is 1.72. The van der Waals surface area contributed by atoms with Gasteiger partial charge >= 0.3 is 0 Å². The number of nitrogens with two attached hydrogens (primary N) is 1. The van der Waals surface area contributed by atoms with Crippen LogP contribution in [-0.2, 0) is 10.0 Å². The van der Waals surface area contributed by atoms with Gasteiger partial charge in [0.2, 0.25) is 16.0 Å². The first-order valence-corrected chi connectivity index (χ1v) is 6.81. The minimum atomic E-state index is -3.50. The molecule has 1 aromatic rings. The van der Waals surface area contributed by atoms with E-state index in [1.165, 1.54) is 6.92 Å². The second kappa shape index (κ2) is 5.03. The molecule has 0 saturated carbocycles. The van der Waals surface area contributed by atoms with Crippen LogP contribution in [0, 0.1) is 3.57 Å². The molecule has 0 aromatic carbocycles. The SMILES string of the molecule is CC(CNc1ncc(I)cn1)S(N)(=O)=O. The van der Waals surface area contributed by atoms with Crippen molar-refractivity contribution in [1.29, 1.82) is 0 Å². The third kappa shape index (κ3) is 4.26. The van der Waals surface area contributed by atoms with Crippen molar-refractivity contribution in [3.63, 3.8) is 0 Å². The molecule has 1 heterocycles. The van der Waals surface area contributed by atoms with Crippen LogP contribution in [0.25, 0.3) is 0 Å². The highest BCUT2D eigenvalue weighted by atomic mass is 127. The lowest BCUT2D eigenvalue weighted by molar-refractivity contribution is 0.587. The molecule has 0 aliphatic rings. The molecule has 1 aromatic heterocycles. The predicted molar refractivity (Wildman–Crippen MR) is 65.8 cm³/mol. The van der Waals surface area contributed by atoms with E-state index in [-0.39, 0.29) is 6.54 Å². The number of sulfonamides is 1. The van der Waals surface area contributed by atoms with E-state index in [0.29, 0.717) is 5.95 Å². The fourth-order valence-corrected chi connectivity index (χ4v) is 1.35. The number of primary sulfonamides is 1. The number of halogens is 1. The summed E-state index contributed by atoms with van der Waals surface area (Å²) < 4.78 is 22.7. The molecule has 0 amide bonds. The van der Waals surface area contributed by atoms with Crippen molar-refractivity contribution in [3.05, 3.63) is 16.0 Å². The predicted octanol–water partition coefficient (Wildman–Crippen LogP) is 0.170. The van der Waals surface area contributed by atoms with Gasteiger partial charge in [-0.1, -0.05) is 0 Å². The zero-order valence-corrected chi connectivity index (χ0v) is 11.0. The fourth-order valence-electron chi connectivity index (χ4n) is 0.755. The van der Waals surface area contributed by atoms with Gasteiger partial charge in [0.05, 0.1) is 5.25 Å². The summed E-state index contributed by atoms with van der Waals surface area (Å²) in [6.07, 6.45) is 3.27. The Kier molecular flexibility index (Phi) is 4.22. The number of aromatic nitrogens is 2. The Morgan fingerprint density at radius 1 is 1.53 bits per heavy atom. The molecule has 0 aliphatic heterocycles. The first kappa shape index (κ1) is 12.6. The molecule has 1 rings (SSSR count). The molecule has 8 heteroatoms. The third-order valence-electron chi connectivity index (χ3n) is 1.73. The summed E-state index contributed by atoms with van der Waals surface area (Å²) in [7, 11) is -3.50. The lowest BCUT2D eigenvalue weighted by Gasteiger charge is -2.09. The molecule has 3 N–H and O–H groups in total. The average molecular weight is 342 g/mol. The van der Waals surface area contributed by atoms with Gasteiger partial charge in [-0.3, -0.25) is 0 Å². The van der Waals surface area contributed by atoms with Crippen LogP contribution in [0.4, 0.5) is 5.95 Å². The monoisotopic (exact) mass is 342 g/mol. The van der Waals surface area contributed by atoms with Crippen LogP contribution < -0.4 is 10.5 Å². The molecular formula is C7H11IN4O2S. The highest BCUT2D eigenvalue weighted by Crippen LogP contribution is 2.03. The lowest BCUT2D eigenvalue weighted by atomic mass is 10.5. The Morgan fingerprint density at radius 2 is 2.07 bits per heavy atom. The summed E-state index contributed by atoms with van der Waals surface area (Å²) >= 11 is 2.08. The topological polar surface area (TPSA) is 98.0 Å². The van der Waals surface area contributed by atoms with Crippen molar-refractivity contribution in [2.45, 2.75) is 12.2 Å². The van der Waals surface area contributed by atoms with Gasteiger partial charge in [-0.05, 0) is 29.5 Å². The maximum atomic E-state index is 10.9. The van der Waals surface area contributed by atoms with Crippen molar-refractivity contribution in [2.24, 2.45) is 5.14 Å². The second-order valence-corrected chi connectivity index (χ2v) is 6.23. The van der Waals surface area contributed by atoms with Crippen LogP contribution in [0.3, 0.4) is 0 Å². The molecule has 84 valence electrons. The molecule has 0 fully saturated rings. The molecule has 0 aliphatic carbocycles. The molecule has 0 radical (unpaired) electrons. The Hall–Kier alpha value is -0.480. The normalized spacial score (nSPS) is 13.5. The average Bonchev–Trinajstić information content (AvgIpc) is 2.15. The molecular weight excluding hydrogens is 331 g/mol. The second-order valence-electron chi connectivity index (χ2n) is 3.01. The largest absolute Gasteiger partial charge is 0.353 e. The van der Waals surface area contributed by atoms with Crippen LogP contribution in [0.1, 0.15) is 6.92 Å². The zero-order valence-electron chi connectivity index (χ0n) is 8.01. The molecule has 6 nitrogen and oxygen atoms in total. The van der Waals surface area contributed by atoms with E-state index >= 15 is 0 Å². The third-order valence-corrected chi connectivity index (χ3v) is 3.57. The minimum absolute atomic E-state index is 0.194. The van der Waals surface area contributed by atoms with Crippen molar-refractivity contribution in [1.82, 2.24) is 9.97 Å². The van der Waals surface area contributed by atoms with Gasteiger partial charge in [0, 0.05) is 22.5 Å². The summed E-state index contributed by atoms with van der Waals surface area (Å²) in [4.78, 5) is 7.93. The summed E-state index contributed by atoms with van der Waals surface area (Å²) in [5, 5.41) is 7.08. The number of hydrogen-bond donors (Lipinski definition) is 2. The number of hydrogen-bond acceptors (Lipinski definition) is 5. The number of nitrogens with zero attached hydrogens (tertiary/aromatic N) is 2. The Labute approximate surface area is 102 Å². The minimum Gasteiger partial charge on any atom is -0.353 e. The summed E-state index contributed by atoms with van der Waals surface area (Å²) in [5.74, 6) is 0.394. The smallest absolute Gasteiger partial charge is 0.222 e. The number of anilines is 1. The Balaban J connectivity index is 2.55. The van der Waals surface area contributed by atoms with Crippen LogP contribution >= 0.6 is 22.6 Å². The van der Waals surface area contributed by atoms with Gasteiger partial charge in [-0.25, -0.2) is 23.5 Å². The summed E-state index contributed by atoms with van der Waals surface area (Å²) in [5.41, 5.74) is 0. The van der Waals surface area contributed by atoms with E-state index in [2.05, 4.69) is 37.9 Å². The van der Waals surface area contributed by atoms with Crippen LogP contribution in [0.2, 0.25) is 0 Å². The van der Waals surface area contributed by atoms with Crippen LogP contribution in [0.15, 0.2) is 12.4 Å². The number of rotatable bonds is 4. The Bertz CT molecular complexity index is 419.